The summed E-state index contributed by atoms with van der Waals surface area (Å²) in [5.41, 5.74) is 3.91. The molecule has 1 aromatic carbocycles. The summed E-state index contributed by atoms with van der Waals surface area (Å²) >= 11 is 0. The van der Waals surface area contributed by atoms with Gasteiger partial charge in [-0.2, -0.15) is 0 Å². The second kappa shape index (κ2) is 7.73. The molecule has 1 saturated heterocycles. The Bertz CT molecular complexity index is 469. The zero-order valence-electron chi connectivity index (χ0n) is 12.9. The number of hydrogen-bond donors (Lipinski definition) is 2. The van der Waals surface area contributed by atoms with Crippen molar-refractivity contribution in [3.63, 3.8) is 0 Å². The van der Waals surface area contributed by atoms with E-state index < -0.39 is 0 Å². The van der Waals surface area contributed by atoms with E-state index in [1.54, 1.807) is 7.11 Å². The number of piperazine rings is 1. The Balaban J connectivity index is 1.96. The van der Waals surface area contributed by atoms with Gasteiger partial charge in [0.15, 0.2) is 0 Å². The maximum atomic E-state index is 5.58. The Morgan fingerprint density at radius 3 is 2.71 bits per heavy atom. The van der Waals surface area contributed by atoms with Gasteiger partial charge in [0.05, 0.1) is 7.11 Å². The zero-order chi connectivity index (χ0) is 15.1. The molecule has 116 valence electrons. The van der Waals surface area contributed by atoms with Gasteiger partial charge >= 0.3 is 0 Å². The summed E-state index contributed by atoms with van der Waals surface area (Å²) in [5, 5.41) is 0. The highest BCUT2D eigenvalue weighted by Gasteiger charge is 2.19. The molecule has 6 nitrogen and oxygen atoms in total. The molecule has 0 spiro atoms. The van der Waals surface area contributed by atoms with Crippen LogP contribution in [0.5, 0.6) is 5.75 Å². The first kappa shape index (κ1) is 15.4. The summed E-state index contributed by atoms with van der Waals surface area (Å²) in [4.78, 5) is 9.03. The van der Waals surface area contributed by atoms with Crippen molar-refractivity contribution in [1.29, 1.82) is 0 Å². The number of aliphatic imine (C=N–C) groups is 1. The van der Waals surface area contributed by atoms with Crippen LogP contribution in [0.25, 0.3) is 0 Å². The molecule has 1 aliphatic heterocycles. The van der Waals surface area contributed by atoms with Crippen molar-refractivity contribution in [2.45, 2.75) is 13.3 Å². The van der Waals surface area contributed by atoms with Crippen LogP contribution in [0.15, 0.2) is 29.3 Å². The van der Waals surface area contributed by atoms with Gasteiger partial charge in [-0.25, -0.2) is 5.84 Å². The molecule has 0 unspecified atom stereocenters. The number of hydrogen-bond acceptors (Lipinski definition) is 4. The summed E-state index contributed by atoms with van der Waals surface area (Å²) in [5.74, 6) is 7.26. The Hall–Kier alpha value is -1.95. The molecule has 0 radical (unpaired) electrons. The van der Waals surface area contributed by atoms with E-state index in [2.05, 4.69) is 39.3 Å². The average molecular weight is 291 g/mol. The fourth-order valence-corrected chi connectivity index (χ4v) is 2.44. The SMILES string of the molecule is CCCN=C(NN)N1CCN(c2cccc(OC)c2)CC1. The number of nitrogens with one attached hydrogen (secondary N) is 1. The molecule has 1 aromatic rings. The highest BCUT2D eigenvalue weighted by atomic mass is 16.5. The molecular formula is C15H25N5O. The van der Waals surface area contributed by atoms with Gasteiger partial charge in [0.2, 0.25) is 5.96 Å². The number of benzene rings is 1. The van der Waals surface area contributed by atoms with Gasteiger partial charge in [-0.15, -0.1) is 0 Å². The average Bonchev–Trinajstić information content (AvgIpc) is 2.56. The predicted molar refractivity (Wildman–Crippen MR) is 86.7 cm³/mol. The highest BCUT2D eigenvalue weighted by molar-refractivity contribution is 5.79. The maximum absolute atomic E-state index is 5.58. The molecule has 0 saturated carbocycles. The van der Waals surface area contributed by atoms with E-state index in [9.17, 15) is 0 Å². The third kappa shape index (κ3) is 4.01. The first-order chi connectivity index (χ1) is 10.3. The number of guanidine groups is 1. The van der Waals surface area contributed by atoms with E-state index in [-0.39, 0.29) is 0 Å². The van der Waals surface area contributed by atoms with Crippen LogP contribution >= 0.6 is 0 Å². The molecule has 0 atom stereocenters. The quantitative estimate of drug-likeness (QED) is 0.376. The van der Waals surface area contributed by atoms with Crippen LogP contribution in [0.2, 0.25) is 0 Å². The minimum atomic E-state index is 0.794. The lowest BCUT2D eigenvalue weighted by Gasteiger charge is -2.37. The fraction of sp³-hybridized carbons (Fsp3) is 0.533. The lowest BCUT2D eigenvalue weighted by Crippen LogP contribution is -2.54. The molecule has 1 aliphatic rings. The van der Waals surface area contributed by atoms with Crippen molar-refractivity contribution in [3.05, 3.63) is 24.3 Å². The Labute approximate surface area is 126 Å². The van der Waals surface area contributed by atoms with Gasteiger partial charge in [-0.1, -0.05) is 13.0 Å². The molecule has 21 heavy (non-hydrogen) atoms. The zero-order valence-corrected chi connectivity index (χ0v) is 12.9. The normalized spacial score (nSPS) is 16.0. The van der Waals surface area contributed by atoms with Crippen LogP contribution in [0, 0.1) is 0 Å². The van der Waals surface area contributed by atoms with Gasteiger partial charge in [0.25, 0.3) is 0 Å². The number of anilines is 1. The van der Waals surface area contributed by atoms with Crippen molar-refractivity contribution in [2.75, 3.05) is 44.7 Å². The molecule has 3 N–H and O–H groups in total. The second-order valence-electron chi connectivity index (χ2n) is 5.03. The van der Waals surface area contributed by atoms with E-state index in [4.69, 9.17) is 10.6 Å². The molecule has 0 bridgehead atoms. The van der Waals surface area contributed by atoms with Gasteiger partial charge in [0, 0.05) is 44.5 Å². The summed E-state index contributed by atoms with van der Waals surface area (Å²) in [6.07, 6.45) is 1.02. The minimum absolute atomic E-state index is 0.794. The molecule has 0 aromatic heterocycles. The van der Waals surface area contributed by atoms with Crippen molar-refractivity contribution >= 4 is 11.6 Å². The smallest absolute Gasteiger partial charge is 0.208 e. The van der Waals surface area contributed by atoms with E-state index in [1.807, 2.05) is 12.1 Å². The van der Waals surface area contributed by atoms with Crippen molar-refractivity contribution in [1.82, 2.24) is 10.3 Å². The second-order valence-corrected chi connectivity index (χ2v) is 5.03. The van der Waals surface area contributed by atoms with E-state index in [1.165, 1.54) is 5.69 Å². The number of methoxy groups -OCH3 is 1. The Morgan fingerprint density at radius 2 is 2.10 bits per heavy atom. The Kier molecular flexibility index (Phi) is 5.68. The molecule has 6 heteroatoms. The molecule has 1 fully saturated rings. The standard InChI is InChI=1S/C15H25N5O/c1-3-7-17-15(18-16)20-10-8-19(9-11-20)13-5-4-6-14(12-13)21-2/h4-6,12H,3,7-11,16H2,1-2H3,(H,17,18). The monoisotopic (exact) mass is 291 g/mol. The van der Waals surface area contributed by atoms with Crippen molar-refractivity contribution in [3.8, 4) is 5.75 Å². The van der Waals surface area contributed by atoms with E-state index >= 15 is 0 Å². The van der Waals surface area contributed by atoms with E-state index in [0.29, 0.717) is 0 Å². The summed E-state index contributed by atoms with van der Waals surface area (Å²) < 4.78 is 5.28. The third-order valence-electron chi connectivity index (χ3n) is 3.61. The lowest BCUT2D eigenvalue weighted by molar-refractivity contribution is 0.372. The van der Waals surface area contributed by atoms with Crippen LogP contribution in [-0.4, -0.2) is 50.7 Å². The molecule has 1 heterocycles. The largest absolute Gasteiger partial charge is 0.497 e. The van der Waals surface area contributed by atoms with Crippen LogP contribution < -0.4 is 20.9 Å². The Morgan fingerprint density at radius 1 is 1.33 bits per heavy atom. The van der Waals surface area contributed by atoms with Crippen molar-refractivity contribution in [2.24, 2.45) is 10.8 Å². The number of nitrogens with zero attached hydrogens (tertiary/aromatic N) is 3. The highest BCUT2D eigenvalue weighted by Crippen LogP contribution is 2.22. The van der Waals surface area contributed by atoms with Gasteiger partial charge in [0.1, 0.15) is 5.75 Å². The number of nitrogens with two attached hydrogens (primary N) is 1. The van der Waals surface area contributed by atoms with E-state index in [0.717, 1.165) is 50.9 Å². The van der Waals surface area contributed by atoms with Gasteiger partial charge in [-0.05, 0) is 18.6 Å². The number of ether oxygens (including phenoxy) is 1. The number of rotatable bonds is 4. The third-order valence-corrected chi connectivity index (χ3v) is 3.61. The van der Waals surface area contributed by atoms with Crippen molar-refractivity contribution < 1.29 is 4.74 Å². The molecular weight excluding hydrogens is 266 g/mol. The first-order valence-electron chi connectivity index (χ1n) is 7.43. The van der Waals surface area contributed by atoms with Crippen LogP contribution in [0.1, 0.15) is 13.3 Å². The van der Waals surface area contributed by atoms with Crippen LogP contribution in [-0.2, 0) is 0 Å². The van der Waals surface area contributed by atoms with Crippen LogP contribution in [0.3, 0.4) is 0 Å². The maximum Gasteiger partial charge on any atom is 0.208 e. The number of hydrazine groups is 1. The van der Waals surface area contributed by atoms with Gasteiger partial charge in [-0.3, -0.25) is 10.4 Å². The first-order valence-corrected chi connectivity index (χ1v) is 7.43. The molecule has 0 aliphatic carbocycles. The molecule has 0 amide bonds. The molecule has 2 rings (SSSR count). The van der Waals surface area contributed by atoms with Crippen LogP contribution in [0.4, 0.5) is 5.69 Å². The topological polar surface area (TPSA) is 66.1 Å². The fourth-order valence-electron chi connectivity index (χ4n) is 2.44. The summed E-state index contributed by atoms with van der Waals surface area (Å²) in [6.45, 7) is 6.61. The minimum Gasteiger partial charge on any atom is -0.497 e. The summed E-state index contributed by atoms with van der Waals surface area (Å²) in [6, 6.07) is 8.18. The summed E-state index contributed by atoms with van der Waals surface area (Å²) in [7, 11) is 1.69. The van der Waals surface area contributed by atoms with Gasteiger partial charge < -0.3 is 14.5 Å². The predicted octanol–water partition coefficient (Wildman–Crippen LogP) is 1.05. The lowest BCUT2D eigenvalue weighted by atomic mass is 10.2.